The summed E-state index contributed by atoms with van der Waals surface area (Å²) in [6.45, 7) is 7.92. The summed E-state index contributed by atoms with van der Waals surface area (Å²) >= 11 is 0. The Morgan fingerprint density at radius 1 is 0.964 bits per heavy atom. The van der Waals surface area contributed by atoms with Gasteiger partial charge in [-0.3, -0.25) is 4.79 Å². The van der Waals surface area contributed by atoms with Crippen molar-refractivity contribution in [3.8, 4) is 0 Å². The van der Waals surface area contributed by atoms with Gasteiger partial charge < -0.3 is 20.9 Å². The number of carbonyl (C=O) groups excluding carboxylic acids is 2. The van der Waals surface area contributed by atoms with E-state index in [2.05, 4.69) is 33.0 Å². The van der Waals surface area contributed by atoms with E-state index in [0.29, 0.717) is 6.54 Å². The molecule has 2 aromatic carbocycles. The molecule has 6 heteroatoms. The van der Waals surface area contributed by atoms with E-state index in [1.165, 1.54) is 5.56 Å². The lowest BCUT2D eigenvalue weighted by atomic mass is 10.1. The first-order chi connectivity index (χ1) is 13.3. The fourth-order valence-corrected chi connectivity index (χ4v) is 3.12. The van der Waals surface area contributed by atoms with Crippen LogP contribution in [-0.4, -0.2) is 43.5 Å². The van der Waals surface area contributed by atoms with Crippen molar-refractivity contribution in [3.63, 3.8) is 0 Å². The van der Waals surface area contributed by atoms with Crippen molar-refractivity contribution in [2.75, 3.05) is 32.0 Å². The Morgan fingerprint density at radius 3 is 2.25 bits per heavy atom. The number of amides is 3. The van der Waals surface area contributed by atoms with Gasteiger partial charge in [0.15, 0.2) is 0 Å². The van der Waals surface area contributed by atoms with Crippen LogP contribution in [0.5, 0.6) is 0 Å². The molecule has 0 atom stereocenters. The highest BCUT2D eigenvalue weighted by atomic mass is 16.2. The zero-order valence-corrected chi connectivity index (χ0v) is 17.1. The number of rotatable bonds is 8. The molecular weight excluding hydrogens is 352 g/mol. The number of urea groups is 1. The molecule has 0 aliphatic rings. The molecule has 150 valence electrons. The number of likely N-dealkylation sites (N-methyl/N-ethyl adjacent to an activating group) is 1. The van der Waals surface area contributed by atoms with Crippen molar-refractivity contribution in [1.82, 2.24) is 15.5 Å². The van der Waals surface area contributed by atoms with Gasteiger partial charge in [-0.05, 0) is 44.5 Å². The predicted octanol–water partition coefficient (Wildman–Crippen LogP) is 2.98. The van der Waals surface area contributed by atoms with Crippen molar-refractivity contribution in [2.24, 2.45) is 0 Å². The van der Waals surface area contributed by atoms with Crippen LogP contribution in [0.1, 0.15) is 22.3 Å². The first-order valence-electron chi connectivity index (χ1n) is 9.47. The van der Waals surface area contributed by atoms with Gasteiger partial charge in [0, 0.05) is 25.3 Å². The average Bonchev–Trinajstić information content (AvgIpc) is 2.64. The molecule has 6 nitrogen and oxygen atoms in total. The van der Waals surface area contributed by atoms with Crippen molar-refractivity contribution in [3.05, 3.63) is 64.7 Å². The van der Waals surface area contributed by atoms with E-state index in [0.717, 1.165) is 35.5 Å². The third kappa shape index (κ3) is 7.04. The molecule has 0 fully saturated rings. The number of carbonyl (C=O) groups is 2. The number of anilines is 1. The van der Waals surface area contributed by atoms with E-state index in [1.54, 1.807) is 0 Å². The van der Waals surface area contributed by atoms with Crippen LogP contribution in [0.15, 0.2) is 42.5 Å². The normalized spacial score (nSPS) is 10.6. The molecule has 3 N–H and O–H groups in total. The molecule has 0 heterocycles. The van der Waals surface area contributed by atoms with E-state index in [1.807, 2.05) is 58.2 Å². The smallest absolute Gasteiger partial charge is 0.315 e. The minimum absolute atomic E-state index is 0.0710. The summed E-state index contributed by atoms with van der Waals surface area (Å²) in [5, 5.41) is 8.25. The molecule has 0 radical (unpaired) electrons. The lowest BCUT2D eigenvalue weighted by Crippen LogP contribution is -2.42. The first-order valence-corrected chi connectivity index (χ1v) is 9.47. The Morgan fingerprint density at radius 2 is 1.61 bits per heavy atom. The van der Waals surface area contributed by atoms with Crippen molar-refractivity contribution in [2.45, 2.75) is 27.3 Å². The molecule has 0 saturated carbocycles. The number of nitrogens with zero attached hydrogens (tertiary/aromatic N) is 1. The second-order valence-electron chi connectivity index (χ2n) is 7.15. The average molecular weight is 383 g/mol. The Balaban J connectivity index is 1.67. The highest BCUT2D eigenvalue weighted by Gasteiger charge is 2.10. The lowest BCUT2D eigenvalue weighted by Gasteiger charge is -2.17. The fraction of sp³-hybridized carbons (Fsp3) is 0.364. The van der Waals surface area contributed by atoms with Gasteiger partial charge in [-0.2, -0.15) is 0 Å². The largest absolute Gasteiger partial charge is 0.337 e. The number of hydrogen-bond acceptors (Lipinski definition) is 3. The second-order valence-corrected chi connectivity index (χ2v) is 7.15. The molecule has 2 aromatic rings. The van der Waals surface area contributed by atoms with Crippen molar-refractivity contribution >= 4 is 17.6 Å². The summed E-state index contributed by atoms with van der Waals surface area (Å²) in [4.78, 5) is 26.2. The molecule has 28 heavy (non-hydrogen) atoms. The Kier molecular flexibility index (Phi) is 8.02. The summed E-state index contributed by atoms with van der Waals surface area (Å²) < 4.78 is 0. The third-order valence-corrected chi connectivity index (χ3v) is 4.43. The van der Waals surface area contributed by atoms with Gasteiger partial charge >= 0.3 is 6.03 Å². The van der Waals surface area contributed by atoms with E-state index < -0.39 is 0 Å². The zero-order valence-electron chi connectivity index (χ0n) is 17.1. The van der Waals surface area contributed by atoms with Gasteiger partial charge in [0.1, 0.15) is 0 Å². The van der Waals surface area contributed by atoms with E-state index >= 15 is 0 Å². The minimum atomic E-state index is -0.347. The fourth-order valence-electron chi connectivity index (χ4n) is 3.12. The van der Waals surface area contributed by atoms with Gasteiger partial charge in [0.2, 0.25) is 5.91 Å². The van der Waals surface area contributed by atoms with Crippen LogP contribution in [0, 0.1) is 20.8 Å². The van der Waals surface area contributed by atoms with E-state index in [9.17, 15) is 9.59 Å². The van der Waals surface area contributed by atoms with E-state index in [-0.39, 0.29) is 18.5 Å². The quantitative estimate of drug-likeness (QED) is 0.657. The molecule has 0 aromatic heterocycles. The van der Waals surface area contributed by atoms with Crippen molar-refractivity contribution in [1.29, 1.82) is 0 Å². The molecular formula is C22H30N4O2. The topological polar surface area (TPSA) is 73.5 Å². The first kappa shape index (κ1) is 21.4. The molecule has 0 unspecified atom stereocenters. The van der Waals surface area contributed by atoms with Crippen LogP contribution < -0.4 is 16.0 Å². The van der Waals surface area contributed by atoms with Crippen LogP contribution in [-0.2, 0) is 11.3 Å². The maximum Gasteiger partial charge on any atom is 0.315 e. The molecule has 0 spiro atoms. The van der Waals surface area contributed by atoms with Gasteiger partial charge in [-0.15, -0.1) is 0 Å². The van der Waals surface area contributed by atoms with Gasteiger partial charge in [-0.1, -0.05) is 48.0 Å². The third-order valence-electron chi connectivity index (χ3n) is 4.43. The predicted molar refractivity (Wildman–Crippen MR) is 113 cm³/mol. The van der Waals surface area contributed by atoms with Gasteiger partial charge in [0.05, 0.1) is 6.54 Å². The standard InChI is InChI=1S/C22H30N4O2/c1-16-12-17(2)21(18(3)13-16)25-20(27)14-24-22(28)23-10-11-26(4)15-19-8-6-5-7-9-19/h5-9,12-13H,10-11,14-15H2,1-4H3,(H,25,27)(H2,23,24,28). The molecule has 0 saturated heterocycles. The number of benzene rings is 2. The second kappa shape index (κ2) is 10.5. The van der Waals surface area contributed by atoms with Crippen LogP contribution >= 0.6 is 0 Å². The van der Waals surface area contributed by atoms with Crippen LogP contribution in [0.4, 0.5) is 10.5 Å². The summed E-state index contributed by atoms with van der Waals surface area (Å²) in [5.41, 5.74) is 5.21. The number of nitrogens with one attached hydrogen (secondary N) is 3. The molecule has 0 aliphatic heterocycles. The Bertz CT molecular complexity index is 782. The summed E-state index contributed by atoms with van der Waals surface area (Å²) in [5.74, 6) is -0.244. The maximum atomic E-state index is 12.1. The highest BCUT2D eigenvalue weighted by Crippen LogP contribution is 2.21. The minimum Gasteiger partial charge on any atom is -0.337 e. The molecule has 2 rings (SSSR count). The summed E-state index contributed by atoms with van der Waals surface area (Å²) in [7, 11) is 2.01. The van der Waals surface area contributed by atoms with Crippen LogP contribution in [0.2, 0.25) is 0 Å². The zero-order chi connectivity index (χ0) is 20.5. The molecule has 0 aliphatic carbocycles. The Labute approximate surface area is 167 Å². The lowest BCUT2D eigenvalue weighted by molar-refractivity contribution is -0.115. The number of aryl methyl sites for hydroxylation is 3. The highest BCUT2D eigenvalue weighted by molar-refractivity contribution is 5.95. The maximum absolute atomic E-state index is 12.1. The van der Waals surface area contributed by atoms with Crippen molar-refractivity contribution < 1.29 is 9.59 Å². The van der Waals surface area contributed by atoms with Crippen LogP contribution in [0.3, 0.4) is 0 Å². The molecule has 0 bridgehead atoms. The monoisotopic (exact) mass is 382 g/mol. The van der Waals surface area contributed by atoms with Gasteiger partial charge in [0.25, 0.3) is 0 Å². The SMILES string of the molecule is Cc1cc(C)c(NC(=O)CNC(=O)NCCN(C)Cc2ccccc2)c(C)c1. The summed E-state index contributed by atoms with van der Waals surface area (Å²) in [6, 6.07) is 13.9. The molecule has 3 amide bonds. The Hall–Kier alpha value is -2.86. The number of hydrogen-bond donors (Lipinski definition) is 3. The van der Waals surface area contributed by atoms with Crippen LogP contribution in [0.25, 0.3) is 0 Å². The summed E-state index contributed by atoms with van der Waals surface area (Å²) in [6.07, 6.45) is 0. The van der Waals surface area contributed by atoms with E-state index in [4.69, 9.17) is 0 Å². The van der Waals surface area contributed by atoms with Gasteiger partial charge in [-0.25, -0.2) is 4.79 Å².